The molecule has 1 saturated heterocycles. The van der Waals surface area contributed by atoms with Crippen LogP contribution in [0.5, 0.6) is 0 Å². The third-order valence-electron chi connectivity index (χ3n) is 4.68. The Morgan fingerprint density at radius 1 is 1.27 bits per heavy atom. The number of furan rings is 1. The summed E-state index contributed by atoms with van der Waals surface area (Å²) in [6, 6.07) is 5.59. The van der Waals surface area contributed by atoms with Crippen molar-refractivity contribution in [2.75, 3.05) is 13.2 Å². The summed E-state index contributed by atoms with van der Waals surface area (Å²) < 4.78 is 31.4. The molecule has 10 heteroatoms. The Kier molecular flexibility index (Phi) is 4.40. The molecule has 0 unspecified atom stereocenters. The zero-order chi connectivity index (χ0) is 20.7. The number of nitrogens with zero attached hydrogens (tertiary/aromatic N) is 3. The van der Waals surface area contributed by atoms with Crippen molar-refractivity contribution >= 4 is 28.5 Å². The summed E-state index contributed by atoms with van der Waals surface area (Å²) in [5.41, 5.74) is 0.918. The molecule has 0 atom stereocenters. The number of carbonyl (C=O) groups is 2. The topological polar surface area (TPSA) is 108 Å². The summed E-state index contributed by atoms with van der Waals surface area (Å²) in [5, 5.41) is 7.19. The van der Waals surface area contributed by atoms with Gasteiger partial charge in [-0.05, 0) is 24.3 Å². The van der Waals surface area contributed by atoms with Gasteiger partial charge in [-0.3, -0.25) is 4.79 Å². The van der Waals surface area contributed by atoms with Crippen LogP contribution in [-0.2, 0) is 16.0 Å². The van der Waals surface area contributed by atoms with Crippen molar-refractivity contribution in [3.8, 4) is 0 Å². The van der Waals surface area contributed by atoms with Crippen LogP contribution in [0.2, 0.25) is 0 Å². The number of carbonyl (C=O) groups excluding carboxylic acids is 2. The molecule has 0 spiro atoms. The molecule has 152 valence electrons. The Labute approximate surface area is 168 Å². The van der Waals surface area contributed by atoms with Gasteiger partial charge in [-0.15, -0.1) is 0 Å². The maximum atomic E-state index is 14.0. The lowest BCUT2D eigenvalue weighted by Crippen LogP contribution is -2.37. The van der Waals surface area contributed by atoms with Gasteiger partial charge in [0.05, 0.1) is 26.0 Å². The number of halogens is 1. The van der Waals surface area contributed by atoms with Gasteiger partial charge < -0.3 is 19.2 Å². The largest absolute Gasteiger partial charge is 0.458 e. The van der Waals surface area contributed by atoms with E-state index in [0.717, 1.165) is 6.07 Å². The zero-order valence-electron chi connectivity index (χ0n) is 15.5. The van der Waals surface area contributed by atoms with Gasteiger partial charge in [0.25, 0.3) is 5.91 Å². The molecule has 1 fully saturated rings. The molecule has 0 radical (unpaired) electrons. The smallest absolute Gasteiger partial charge is 0.342 e. The first-order chi connectivity index (χ1) is 14.6. The van der Waals surface area contributed by atoms with E-state index in [9.17, 15) is 14.0 Å². The number of aromatic nitrogens is 3. The standard InChI is InChI=1S/C20H15FN4O5/c21-12-4-11-5-13(29-17(11)15(6-12)20(27)30-14-9-28-10-14)7-23-19(26)16-8-24-25-3-1-2-22-18(16)25/h1-6,8,14H,7,9-10H2,(H,23,26). The Morgan fingerprint density at radius 2 is 2.13 bits per heavy atom. The summed E-state index contributed by atoms with van der Waals surface area (Å²) in [6.07, 6.45) is 4.33. The average Bonchev–Trinajstić information content (AvgIpc) is 3.32. The van der Waals surface area contributed by atoms with Crippen molar-refractivity contribution in [1.82, 2.24) is 19.9 Å². The minimum absolute atomic E-state index is 0.0127. The number of esters is 1. The third-order valence-corrected chi connectivity index (χ3v) is 4.68. The molecule has 30 heavy (non-hydrogen) atoms. The summed E-state index contributed by atoms with van der Waals surface area (Å²) in [4.78, 5) is 29.0. The fourth-order valence-corrected chi connectivity index (χ4v) is 3.16. The number of rotatable bonds is 5. The SMILES string of the molecule is O=C(OC1COC1)c1cc(F)cc2cc(CNC(=O)c3cnn4cccnc34)oc12. The highest BCUT2D eigenvalue weighted by molar-refractivity contribution is 6.02. The third kappa shape index (κ3) is 3.26. The molecule has 4 aromatic rings. The lowest BCUT2D eigenvalue weighted by atomic mass is 10.1. The number of benzene rings is 1. The van der Waals surface area contributed by atoms with Gasteiger partial charge in [-0.1, -0.05) is 0 Å². The second kappa shape index (κ2) is 7.23. The monoisotopic (exact) mass is 410 g/mol. The molecular formula is C20H15FN4O5. The normalized spacial score (nSPS) is 14.0. The lowest BCUT2D eigenvalue weighted by molar-refractivity contribution is -0.103. The predicted molar refractivity (Wildman–Crippen MR) is 100 cm³/mol. The molecule has 3 aromatic heterocycles. The number of hydrogen-bond acceptors (Lipinski definition) is 7. The van der Waals surface area contributed by atoms with E-state index in [1.165, 1.54) is 16.8 Å². The van der Waals surface area contributed by atoms with Crippen LogP contribution in [0.3, 0.4) is 0 Å². The van der Waals surface area contributed by atoms with E-state index in [-0.39, 0.29) is 29.7 Å². The first-order valence-electron chi connectivity index (χ1n) is 9.16. The summed E-state index contributed by atoms with van der Waals surface area (Å²) in [5.74, 6) is -1.31. The molecular weight excluding hydrogens is 395 g/mol. The van der Waals surface area contributed by atoms with Crippen molar-refractivity contribution < 1.29 is 27.9 Å². The second-order valence-corrected chi connectivity index (χ2v) is 6.78. The van der Waals surface area contributed by atoms with Crippen molar-refractivity contribution in [3.63, 3.8) is 0 Å². The first-order valence-corrected chi connectivity index (χ1v) is 9.16. The van der Waals surface area contributed by atoms with Gasteiger partial charge in [0, 0.05) is 17.8 Å². The number of amides is 1. The molecule has 0 saturated carbocycles. The fraction of sp³-hybridized carbons (Fsp3) is 0.200. The van der Waals surface area contributed by atoms with E-state index in [1.54, 1.807) is 24.5 Å². The van der Waals surface area contributed by atoms with Crippen LogP contribution in [0.15, 0.2) is 47.3 Å². The highest BCUT2D eigenvalue weighted by atomic mass is 19.1. The van der Waals surface area contributed by atoms with Crippen molar-refractivity contribution in [2.45, 2.75) is 12.6 Å². The Bertz CT molecular complexity index is 1280. The van der Waals surface area contributed by atoms with Crippen molar-refractivity contribution in [3.05, 3.63) is 65.6 Å². The zero-order valence-corrected chi connectivity index (χ0v) is 15.5. The van der Waals surface area contributed by atoms with Crippen LogP contribution in [0, 0.1) is 5.82 Å². The first kappa shape index (κ1) is 18.3. The van der Waals surface area contributed by atoms with Gasteiger partial charge in [0.1, 0.15) is 34.4 Å². The Balaban J connectivity index is 1.36. The van der Waals surface area contributed by atoms with E-state index in [2.05, 4.69) is 15.4 Å². The number of nitrogens with one attached hydrogen (secondary N) is 1. The molecule has 9 nitrogen and oxygen atoms in total. The molecule has 5 rings (SSSR count). The minimum atomic E-state index is -0.685. The van der Waals surface area contributed by atoms with Crippen LogP contribution in [0.25, 0.3) is 16.6 Å². The summed E-state index contributed by atoms with van der Waals surface area (Å²) in [6.45, 7) is 0.667. The molecule has 1 aliphatic heterocycles. The van der Waals surface area contributed by atoms with Gasteiger partial charge in [0.15, 0.2) is 5.65 Å². The predicted octanol–water partition coefficient (Wildman–Crippen LogP) is 2.10. The molecule has 0 bridgehead atoms. The van der Waals surface area contributed by atoms with E-state index in [4.69, 9.17) is 13.9 Å². The van der Waals surface area contributed by atoms with Crippen LogP contribution in [0.4, 0.5) is 4.39 Å². The van der Waals surface area contributed by atoms with Gasteiger partial charge in [0.2, 0.25) is 0 Å². The van der Waals surface area contributed by atoms with Crippen LogP contribution in [-0.4, -0.2) is 45.8 Å². The quantitative estimate of drug-likeness (QED) is 0.502. The Hall–Kier alpha value is -3.79. The van der Waals surface area contributed by atoms with Crippen LogP contribution < -0.4 is 5.32 Å². The van der Waals surface area contributed by atoms with E-state index in [0.29, 0.717) is 35.6 Å². The van der Waals surface area contributed by atoms with Gasteiger partial charge in [-0.2, -0.15) is 5.10 Å². The fourth-order valence-electron chi connectivity index (χ4n) is 3.16. The van der Waals surface area contributed by atoms with Crippen molar-refractivity contribution in [1.29, 1.82) is 0 Å². The van der Waals surface area contributed by atoms with E-state index in [1.807, 2.05) is 0 Å². The molecule has 1 aliphatic rings. The van der Waals surface area contributed by atoms with Crippen LogP contribution in [0.1, 0.15) is 26.5 Å². The molecule has 1 amide bonds. The number of ether oxygens (including phenoxy) is 2. The molecule has 0 aliphatic carbocycles. The lowest BCUT2D eigenvalue weighted by Gasteiger charge is -2.25. The minimum Gasteiger partial charge on any atom is -0.458 e. The highest BCUT2D eigenvalue weighted by Crippen LogP contribution is 2.26. The Morgan fingerprint density at radius 3 is 2.93 bits per heavy atom. The average molecular weight is 410 g/mol. The van der Waals surface area contributed by atoms with Gasteiger partial charge in [-0.25, -0.2) is 18.7 Å². The molecule has 4 heterocycles. The number of hydrogen-bond donors (Lipinski definition) is 1. The van der Waals surface area contributed by atoms with E-state index < -0.39 is 11.8 Å². The maximum Gasteiger partial charge on any atom is 0.342 e. The molecule has 1 aromatic carbocycles. The van der Waals surface area contributed by atoms with E-state index >= 15 is 0 Å². The molecule has 1 N–H and O–H groups in total. The van der Waals surface area contributed by atoms with Gasteiger partial charge >= 0.3 is 5.97 Å². The highest BCUT2D eigenvalue weighted by Gasteiger charge is 2.26. The van der Waals surface area contributed by atoms with Crippen molar-refractivity contribution in [2.24, 2.45) is 0 Å². The number of fused-ring (bicyclic) bond motifs is 2. The summed E-state index contributed by atoms with van der Waals surface area (Å²) >= 11 is 0. The maximum absolute atomic E-state index is 14.0. The van der Waals surface area contributed by atoms with Crippen LogP contribution >= 0.6 is 0 Å². The summed E-state index contributed by atoms with van der Waals surface area (Å²) in [7, 11) is 0. The second-order valence-electron chi connectivity index (χ2n) is 6.78.